The van der Waals surface area contributed by atoms with Crippen molar-refractivity contribution in [2.75, 3.05) is 19.4 Å². The molecule has 4 aromatic rings. The average Bonchev–Trinajstić information content (AvgIpc) is 3.23. The SMILES string of the molecule is COC(=O)Cn1c(SCC(=O)NCCc2c[nH]c3ccccc23)nc2ccccc2c1=O. The number of amides is 1. The molecule has 32 heavy (non-hydrogen) atoms. The minimum absolute atomic E-state index is 0.0693. The highest BCUT2D eigenvalue weighted by atomic mass is 32.2. The maximum absolute atomic E-state index is 12.9. The lowest BCUT2D eigenvalue weighted by atomic mass is 10.1. The van der Waals surface area contributed by atoms with Crippen LogP contribution in [0, 0.1) is 0 Å². The van der Waals surface area contributed by atoms with Gasteiger partial charge in [-0.25, -0.2) is 4.98 Å². The van der Waals surface area contributed by atoms with Gasteiger partial charge >= 0.3 is 5.97 Å². The summed E-state index contributed by atoms with van der Waals surface area (Å²) in [6.45, 7) is 0.221. The number of nitrogens with zero attached hydrogens (tertiary/aromatic N) is 2. The maximum atomic E-state index is 12.9. The van der Waals surface area contributed by atoms with Crippen molar-refractivity contribution in [3.05, 3.63) is 70.6 Å². The Kier molecular flexibility index (Phi) is 6.55. The zero-order valence-corrected chi connectivity index (χ0v) is 18.3. The number of rotatable bonds is 8. The van der Waals surface area contributed by atoms with Gasteiger partial charge in [-0.3, -0.25) is 19.0 Å². The molecule has 4 rings (SSSR count). The second-order valence-corrected chi connectivity index (χ2v) is 8.07. The summed E-state index contributed by atoms with van der Waals surface area (Å²) in [5, 5.41) is 4.74. The normalized spacial score (nSPS) is 11.0. The molecule has 0 radical (unpaired) electrons. The van der Waals surface area contributed by atoms with E-state index in [1.807, 2.05) is 30.5 Å². The minimum atomic E-state index is -0.561. The summed E-state index contributed by atoms with van der Waals surface area (Å²) in [6.07, 6.45) is 2.65. The lowest BCUT2D eigenvalue weighted by molar-refractivity contribution is -0.141. The lowest BCUT2D eigenvalue weighted by Gasteiger charge is -2.12. The molecule has 2 heterocycles. The Morgan fingerprint density at radius 3 is 2.69 bits per heavy atom. The van der Waals surface area contributed by atoms with E-state index in [-0.39, 0.29) is 23.8 Å². The van der Waals surface area contributed by atoms with Crippen molar-refractivity contribution in [1.82, 2.24) is 19.9 Å². The first-order valence-corrected chi connectivity index (χ1v) is 11.1. The van der Waals surface area contributed by atoms with Gasteiger partial charge in [0.2, 0.25) is 5.91 Å². The number of hydrogen-bond donors (Lipinski definition) is 2. The van der Waals surface area contributed by atoms with Crippen molar-refractivity contribution < 1.29 is 14.3 Å². The number of H-pyrrole nitrogens is 1. The summed E-state index contributed by atoms with van der Waals surface area (Å²) in [7, 11) is 1.26. The molecule has 9 heteroatoms. The van der Waals surface area contributed by atoms with E-state index < -0.39 is 5.97 Å². The summed E-state index contributed by atoms with van der Waals surface area (Å²) in [6, 6.07) is 14.9. The maximum Gasteiger partial charge on any atom is 0.325 e. The standard InChI is InChI=1S/C23H22N4O4S/c1-31-21(29)13-27-22(30)17-7-3-5-9-19(17)26-23(27)32-14-20(28)24-11-10-15-12-25-18-8-4-2-6-16(15)18/h2-9,12,25H,10-11,13-14H2,1H3,(H,24,28). The number of aromatic amines is 1. The smallest absolute Gasteiger partial charge is 0.325 e. The van der Waals surface area contributed by atoms with Crippen molar-refractivity contribution in [3.63, 3.8) is 0 Å². The summed E-state index contributed by atoms with van der Waals surface area (Å²) < 4.78 is 5.95. The molecule has 1 amide bonds. The quantitative estimate of drug-likeness (QED) is 0.243. The fraction of sp³-hybridized carbons (Fsp3) is 0.217. The molecule has 0 spiro atoms. The number of nitrogens with one attached hydrogen (secondary N) is 2. The minimum Gasteiger partial charge on any atom is -0.468 e. The van der Waals surface area contributed by atoms with Gasteiger partial charge < -0.3 is 15.0 Å². The van der Waals surface area contributed by atoms with Gasteiger partial charge in [-0.15, -0.1) is 0 Å². The molecule has 0 saturated heterocycles. The van der Waals surface area contributed by atoms with Crippen LogP contribution in [0.2, 0.25) is 0 Å². The number of ether oxygens (including phenoxy) is 1. The Bertz CT molecular complexity index is 1340. The Morgan fingerprint density at radius 2 is 1.88 bits per heavy atom. The van der Waals surface area contributed by atoms with E-state index in [1.54, 1.807) is 24.3 Å². The molecular weight excluding hydrogens is 428 g/mol. The first-order valence-electron chi connectivity index (χ1n) is 10.1. The first kappa shape index (κ1) is 21.6. The van der Waals surface area contributed by atoms with Crippen molar-refractivity contribution in [2.24, 2.45) is 0 Å². The van der Waals surface area contributed by atoms with Crippen LogP contribution in [0.15, 0.2) is 64.7 Å². The Balaban J connectivity index is 1.42. The van der Waals surface area contributed by atoms with Gasteiger partial charge in [-0.2, -0.15) is 0 Å². The van der Waals surface area contributed by atoms with E-state index in [4.69, 9.17) is 4.74 Å². The van der Waals surface area contributed by atoms with Crippen LogP contribution in [0.3, 0.4) is 0 Å². The van der Waals surface area contributed by atoms with Gasteiger partial charge in [0.05, 0.1) is 23.8 Å². The van der Waals surface area contributed by atoms with Crippen LogP contribution >= 0.6 is 11.8 Å². The zero-order chi connectivity index (χ0) is 22.5. The largest absolute Gasteiger partial charge is 0.468 e. The van der Waals surface area contributed by atoms with E-state index in [9.17, 15) is 14.4 Å². The van der Waals surface area contributed by atoms with E-state index in [2.05, 4.69) is 15.3 Å². The fourth-order valence-electron chi connectivity index (χ4n) is 3.45. The van der Waals surface area contributed by atoms with Crippen molar-refractivity contribution in [3.8, 4) is 0 Å². The third-order valence-corrected chi connectivity index (χ3v) is 6.04. The second kappa shape index (κ2) is 9.69. The van der Waals surface area contributed by atoms with Gasteiger partial charge in [0, 0.05) is 23.6 Å². The molecule has 8 nitrogen and oxygen atoms in total. The Hall–Kier alpha value is -3.59. The van der Waals surface area contributed by atoms with Gasteiger partial charge in [-0.1, -0.05) is 42.1 Å². The third kappa shape index (κ3) is 4.67. The van der Waals surface area contributed by atoms with E-state index in [1.165, 1.54) is 11.7 Å². The summed E-state index contributed by atoms with van der Waals surface area (Å²) >= 11 is 1.11. The molecule has 0 saturated carbocycles. The van der Waals surface area contributed by atoms with E-state index in [0.717, 1.165) is 28.2 Å². The number of methoxy groups -OCH3 is 1. The van der Waals surface area contributed by atoms with Crippen molar-refractivity contribution in [2.45, 2.75) is 18.1 Å². The van der Waals surface area contributed by atoms with Crippen molar-refractivity contribution in [1.29, 1.82) is 0 Å². The Morgan fingerprint density at radius 1 is 1.12 bits per heavy atom. The molecule has 0 aliphatic carbocycles. The highest BCUT2D eigenvalue weighted by molar-refractivity contribution is 7.99. The van der Waals surface area contributed by atoms with Gasteiger partial charge in [0.25, 0.3) is 5.56 Å². The van der Waals surface area contributed by atoms with Crippen LogP contribution in [-0.2, 0) is 27.3 Å². The van der Waals surface area contributed by atoms with E-state index in [0.29, 0.717) is 29.0 Å². The number of hydrogen-bond acceptors (Lipinski definition) is 6. The Labute approximate surface area is 188 Å². The number of para-hydroxylation sites is 2. The third-order valence-electron chi connectivity index (χ3n) is 5.07. The molecule has 2 aromatic carbocycles. The van der Waals surface area contributed by atoms with Crippen LogP contribution in [-0.4, -0.2) is 45.8 Å². The molecular formula is C23H22N4O4S. The second-order valence-electron chi connectivity index (χ2n) is 7.13. The number of carbonyl (C=O) groups excluding carboxylic acids is 2. The van der Waals surface area contributed by atoms with Gasteiger partial charge in [-0.05, 0) is 30.2 Å². The predicted octanol–water partition coefficient (Wildman–Crippen LogP) is 2.50. The summed E-state index contributed by atoms with van der Waals surface area (Å²) in [5.74, 6) is -0.670. The van der Waals surface area contributed by atoms with Crippen LogP contribution in [0.1, 0.15) is 5.56 Å². The van der Waals surface area contributed by atoms with Gasteiger partial charge in [0.15, 0.2) is 5.16 Å². The number of fused-ring (bicyclic) bond motifs is 2. The monoisotopic (exact) mass is 450 g/mol. The number of benzene rings is 2. The topological polar surface area (TPSA) is 106 Å². The summed E-state index contributed by atoms with van der Waals surface area (Å²) in [4.78, 5) is 44.8. The van der Waals surface area contributed by atoms with Crippen molar-refractivity contribution >= 4 is 45.4 Å². The highest BCUT2D eigenvalue weighted by Crippen LogP contribution is 2.19. The zero-order valence-electron chi connectivity index (χ0n) is 17.5. The fourth-order valence-corrected chi connectivity index (χ4v) is 4.28. The van der Waals surface area contributed by atoms with Gasteiger partial charge in [0.1, 0.15) is 6.54 Å². The molecule has 0 bridgehead atoms. The van der Waals surface area contributed by atoms with Crippen LogP contribution in [0.4, 0.5) is 0 Å². The lowest BCUT2D eigenvalue weighted by Crippen LogP contribution is -2.29. The number of carbonyl (C=O) groups is 2. The summed E-state index contributed by atoms with van der Waals surface area (Å²) in [5.41, 5.74) is 2.37. The average molecular weight is 451 g/mol. The number of thioether (sulfide) groups is 1. The number of esters is 1. The molecule has 0 aliphatic rings. The molecule has 0 unspecified atom stereocenters. The van der Waals surface area contributed by atoms with Crippen LogP contribution < -0.4 is 10.9 Å². The first-order chi connectivity index (χ1) is 15.6. The molecule has 164 valence electrons. The number of aromatic nitrogens is 3. The molecule has 0 atom stereocenters. The molecule has 2 aromatic heterocycles. The predicted molar refractivity (Wildman–Crippen MR) is 124 cm³/mol. The van der Waals surface area contributed by atoms with Crippen LogP contribution in [0.25, 0.3) is 21.8 Å². The molecule has 0 fully saturated rings. The molecule has 2 N–H and O–H groups in total. The highest BCUT2D eigenvalue weighted by Gasteiger charge is 2.16. The molecule has 0 aliphatic heterocycles. The van der Waals surface area contributed by atoms with E-state index >= 15 is 0 Å². The van der Waals surface area contributed by atoms with Crippen LogP contribution in [0.5, 0.6) is 0 Å².